The van der Waals surface area contributed by atoms with E-state index >= 15 is 0 Å². The minimum absolute atomic E-state index is 0. The maximum Gasteiger partial charge on any atom is 0 e. The average Bonchev–Trinajstić information content (AvgIpc) is 3.04. The average molecular weight is 651 g/mol. The van der Waals surface area contributed by atoms with Gasteiger partial charge in [-0.05, 0) is 57.8 Å². The molecule has 0 aliphatic heterocycles. The molecule has 3 nitrogen and oxygen atoms in total. The van der Waals surface area contributed by atoms with Crippen molar-refractivity contribution in [3.05, 3.63) is 83.8 Å². The van der Waals surface area contributed by atoms with E-state index in [-0.39, 0.29) is 49.6 Å². The van der Waals surface area contributed by atoms with Crippen LogP contribution in [0.2, 0.25) is 0 Å². The molecule has 0 amide bonds. The van der Waals surface area contributed by atoms with Crippen LogP contribution in [0.15, 0.2) is 24.3 Å². The van der Waals surface area contributed by atoms with Gasteiger partial charge in [-0.15, -0.1) is 0 Å². The summed E-state index contributed by atoms with van der Waals surface area (Å²) in [7, 11) is 0. The van der Waals surface area contributed by atoms with Gasteiger partial charge in [0.05, 0.1) is 0 Å². The largest absolute Gasteiger partial charge is 0.358 e. The van der Waals surface area contributed by atoms with E-state index in [0.717, 1.165) is 0 Å². The van der Waals surface area contributed by atoms with Gasteiger partial charge in [0.25, 0.3) is 0 Å². The Balaban J connectivity index is -0.0000000406. The number of allylic oxidation sites excluding steroid dienone is 4. The fourth-order valence-electron chi connectivity index (χ4n) is 1.18. The van der Waals surface area contributed by atoms with Crippen LogP contribution in [-0.4, -0.2) is 0 Å². The molecule has 1 saturated carbocycles. The van der Waals surface area contributed by atoms with Crippen molar-refractivity contribution >= 4 is 0 Å². The first-order chi connectivity index (χ1) is 9.50. The summed E-state index contributed by atoms with van der Waals surface area (Å²) in [5.74, 6) is 0. The van der Waals surface area contributed by atoms with Crippen molar-refractivity contribution in [3.8, 4) is 0 Å². The van der Waals surface area contributed by atoms with Gasteiger partial charge < -0.3 is 7.43 Å². The van der Waals surface area contributed by atoms with Crippen LogP contribution in [0.1, 0.15) is 25.7 Å². The molecule has 1 fully saturated rings. The van der Waals surface area contributed by atoms with Gasteiger partial charge in [0.15, 0.2) is 0 Å². The molecule has 0 unspecified atom stereocenters. The predicted octanol–water partition coefficient (Wildman–Crippen LogP) is 4.03. The molecule has 0 aromatic heterocycles. The fraction of sp³-hybridized carbons (Fsp3) is 0.235. The molecule has 0 N–H and O–H groups in total. The molecule has 0 atom stereocenters. The molecule has 5 heteroatoms. The first-order valence-corrected chi connectivity index (χ1v) is 5.58. The Bertz CT molecular complexity index is 219. The molecule has 2 rings (SSSR count). The van der Waals surface area contributed by atoms with E-state index in [1.165, 1.54) is 25.7 Å². The molecular weight excluding hydrogens is 631 g/mol. The van der Waals surface area contributed by atoms with Crippen molar-refractivity contribution in [1.29, 1.82) is 0 Å². The number of rotatable bonds is 0. The number of hydrogen-bond acceptors (Lipinski definition) is 0. The minimum Gasteiger partial charge on any atom is -0.358 e. The van der Waals surface area contributed by atoms with Crippen molar-refractivity contribution in [2.75, 3.05) is 0 Å². The van der Waals surface area contributed by atoms with Gasteiger partial charge in [-0.1, -0.05) is 24.3 Å². The predicted molar refractivity (Wildman–Crippen MR) is 76.5 cm³/mol. The summed E-state index contributed by atoms with van der Waals surface area (Å²) in [6.07, 6.45) is 24.0. The van der Waals surface area contributed by atoms with Gasteiger partial charge in [0.2, 0.25) is 0 Å². The van der Waals surface area contributed by atoms with E-state index in [1.54, 1.807) is 0 Å². The third-order valence-electron chi connectivity index (χ3n) is 1.89. The smallest absolute Gasteiger partial charge is 0 e. The van der Waals surface area contributed by atoms with Crippen LogP contribution in [-0.2, 0) is 56.1 Å². The summed E-state index contributed by atoms with van der Waals surface area (Å²) in [5.41, 5.74) is 0. The van der Waals surface area contributed by atoms with Crippen LogP contribution in [0.4, 0.5) is 0 Å². The van der Waals surface area contributed by atoms with E-state index in [4.69, 9.17) is 14.0 Å². The maximum atomic E-state index is 7.50. The molecule has 2 aliphatic carbocycles. The fourth-order valence-corrected chi connectivity index (χ4v) is 1.18. The van der Waals surface area contributed by atoms with Crippen molar-refractivity contribution in [1.82, 2.24) is 0 Å². The molecule has 2 aliphatic rings. The van der Waals surface area contributed by atoms with Crippen molar-refractivity contribution in [3.63, 3.8) is 0 Å². The monoisotopic (exact) mass is 651 g/mol. The van der Waals surface area contributed by atoms with Gasteiger partial charge in [-0.2, -0.15) is 0 Å². The van der Waals surface area contributed by atoms with Crippen molar-refractivity contribution in [2.45, 2.75) is 25.7 Å². The SMILES string of the molecule is C1=C\CC/C=C\CC/1.[C-]#[O+].[C-]#[O+].[C-]#[O+].[CH3-].[CH]1[CH][CH][CH][CH]1.[Pt].[W]. The first-order valence-electron chi connectivity index (χ1n) is 5.58. The summed E-state index contributed by atoms with van der Waals surface area (Å²) in [6, 6.07) is 0. The van der Waals surface area contributed by atoms with E-state index < -0.39 is 0 Å². The zero-order chi connectivity index (χ0) is 15.2. The van der Waals surface area contributed by atoms with Crippen molar-refractivity contribution in [2.24, 2.45) is 0 Å². The first kappa shape index (κ1) is 37.9. The Labute approximate surface area is 165 Å². The standard InChI is InChI=1S/C8H12.C5H5.3CO.CH3.Pt.W/c1-2-4-6-8-7-5-3-1;1-2-4-5-3-1;3*1-2;;;/h1-2,7-8H,3-6H2;1-5H;;;;1H3;;/q;;;;;-1;;/b2-1-,8-7-;;;;;;;. The summed E-state index contributed by atoms with van der Waals surface area (Å²) in [5, 5.41) is 0. The molecule has 0 bridgehead atoms. The van der Waals surface area contributed by atoms with Crippen LogP contribution in [0.3, 0.4) is 0 Å². The normalized spacial score (nSPS) is 15.9. The van der Waals surface area contributed by atoms with E-state index in [0.29, 0.717) is 0 Å². The second-order valence-electron chi connectivity index (χ2n) is 3.06. The van der Waals surface area contributed by atoms with Gasteiger partial charge in [-0.3, -0.25) is 0 Å². The molecule has 5 radical (unpaired) electrons. The van der Waals surface area contributed by atoms with E-state index in [9.17, 15) is 0 Å². The van der Waals surface area contributed by atoms with Crippen LogP contribution in [0, 0.1) is 59.5 Å². The second-order valence-corrected chi connectivity index (χ2v) is 3.06. The van der Waals surface area contributed by atoms with Crippen LogP contribution < -0.4 is 0 Å². The third kappa shape index (κ3) is 42.7. The topological polar surface area (TPSA) is 59.7 Å². The Hall–Kier alpha value is 0.0766. The van der Waals surface area contributed by atoms with Gasteiger partial charge >= 0.3 is 33.9 Å². The Kier molecular flexibility index (Phi) is 85.7. The molecule has 0 aromatic rings. The van der Waals surface area contributed by atoms with Crippen molar-refractivity contribution < 1.29 is 56.1 Å². The molecule has 0 spiro atoms. The zero-order valence-electron chi connectivity index (χ0n) is 12.5. The molecule has 22 heavy (non-hydrogen) atoms. The number of hydrogen-bond donors (Lipinski definition) is 0. The Morgan fingerprint density at radius 2 is 0.636 bits per heavy atom. The molecule has 123 valence electrons. The molecular formula is C17H20O3PtW-. The molecule has 0 heterocycles. The summed E-state index contributed by atoms with van der Waals surface area (Å²) in [4.78, 5) is 0. The zero-order valence-corrected chi connectivity index (χ0v) is 17.7. The van der Waals surface area contributed by atoms with Crippen LogP contribution in [0.5, 0.6) is 0 Å². The maximum absolute atomic E-state index is 7.50. The minimum atomic E-state index is 0. The summed E-state index contributed by atoms with van der Waals surface area (Å²) in [6.45, 7) is 13.5. The molecule has 0 aromatic carbocycles. The summed E-state index contributed by atoms with van der Waals surface area (Å²) >= 11 is 0. The second kappa shape index (κ2) is 49.7. The van der Waals surface area contributed by atoms with Gasteiger partial charge in [0.1, 0.15) is 0 Å². The Morgan fingerprint density at radius 1 is 0.500 bits per heavy atom. The van der Waals surface area contributed by atoms with E-state index in [2.05, 4.69) is 44.3 Å². The van der Waals surface area contributed by atoms with Gasteiger partial charge in [0, 0.05) is 42.1 Å². The van der Waals surface area contributed by atoms with Crippen LogP contribution >= 0.6 is 0 Å². The quantitative estimate of drug-likeness (QED) is 0.216. The van der Waals surface area contributed by atoms with Crippen LogP contribution in [0.25, 0.3) is 0 Å². The van der Waals surface area contributed by atoms with E-state index in [1.807, 2.05) is 32.1 Å². The summed E-state index contributed by atoms with van der Waals surface area (Å²) < 4.78 is 22.5. The molecule has 0 saturated heterocycles. The Morgan fingerprint density at radius 3 is 0.773 bits per heavy atom. The third-order valence-corrected chi connectivity index (χ3v) is 1.89. The van der Waals surface area contributed by atoms with Gasteiger partial charge in [-0.25, -0.2) is 0 Å².